The number of amides is 2. The third-order valence-corrected chi connectivity index (χ3v) is 6.82. The molecule has 1 fully saturated rings. The van der Waals surface area contributed by atoms with Crippen LogP contribution in [0.5, 0.6) is 0 Å². The molecule has 6 nitrogen and oxygen atoms in total. The average molecular weight is 461 g/mol. The number of aromatic nitrogens is 2. The van der Waals surface area contributed by atoms with E-state index in [0.717, 1.165) is 49.0 Å². The molecule has 1 saturated heterocycles. The Bertz CT molecular complexity index is 1170. The van der Waals surface area contributed by atoms with Crippen molar-refractivity contribution in [2.45, 2.75) is 38.5 Å². The summed E-state index contributed by atoms with van der Waals surface area (Å²) < 4.78 is 15.2. The maximum atomic E-state index is 13.4. The first kappa shape index (κ1) is 22.3. The van der Waals surface area contributed by atoms with Crippen molar-refractivity contribution >= 4 is 11.8 Å². The Labute approximate surface area is 199 Å². The number of rotatable bonds is 6. The van der Waals surface area contributed by atoms with Gasteiger partial charge >= 0.3 is 0 Å². The first-order chi connectivity index (χ1) is 16.6. The van der Waals surface area contributed by atoms with Crippen LogP contribution < -0.4 is 0 Å². The number of carbonyl (C=O) groups is 2. The highest BCUT2D eigenvalue weighted by Crippen LogP contribution is 2.29. The van der Waals surface area contributed by atoms with Crippen molar-refractivity contribution in [3.8, 4) is 5.69 Å². The zero-order chi connectivity index (χ0) is 23.5. The highest BCUT2D eigenvalue weighted by molar-refractivity contribution is 5.94. The van der Waals surface area contributed by atoms with Crippen LogP contribution in [0.4, 0.5) is 4.39 Å². The summed E-state index contributed by atoms with van der Waals surface area (Å²) in [5.74, 6) is -0.212. The Morgan fingerprint density at radius 2 is 1.59 bits per heavy atom. The minimum absolute atomic E-state index is 0.0739. The fourth-order valence-electron chi connectivity index (χ4n) is 4.96. The zero-order valence-electron chi connectivity index (χ0n) is 19.3. The molecule has 1 aliphatic heterocycles. The van der Waals surface area contributed by atoms with Gasteiger partial charge < -0.3 is 9.80 Å². The van der Waals surface area contributed by atoms with Gasteiger partial charge in [-0.15, -0.1) is 0 Å². The van der Waals surface area contributed by atoms with Crippen LogP contribution in [0.15, 0.2) is 54.6 Å². The minimum Gasteiger partial charge on any atom is -0.339 e. The first-order valence-electron chi connectivity index (χ1n) is 12.1. The molecule has 2 aliphatic rings. The van der Waals surface area contributed by atoms with Gasteiger partial charge in [-0.3, -0.25) is 9.59 Å². The van der Waals surface area contributed by atoms with Crippen LogP contribution in [0.2, 0.25) is 0 Å². The number of hydrogen-bond donors (Lipinski definition) is 0. The van der Waals surface area contributed by atoms with Crippen LogP contribution in [-0.2, 0) is 24.1 Å². The monoisotopic (exact) mass is 460 g/mol. The summed E-state index contributed by atoms with van der Waals surface area (Å²) in [5.41, 5.74) is 4.57. The standard InChI is InChI=1S/C27H29FN4O2/c28-21-12-14-22(15-13-21)32-24-10-5-9-23(24)26(29-32)27(34)31-18-16-30(17-19-31)25(33)11-4-8-20-6-2-1-3-7-20/h1-3,6-7,12-15H,4-5,8-11,16-19H2. The smallest absolute Gasteiger partial charge is 0.274 e. The van der Waals surface area contributed by atoms with Crippen LogP contribution in [0.3, 0.4) is 0 Å². The van der Waals surface area contributed by atoms with E-state index in [0.29, 0.717) is 38.3 Å². The van der Waals surface area contributed by atoms with E-state index in [1.807, 2.05) is 28.0 Å². The molecule has 1 aliphatic carbocycles. The lowest BCUT2D eigenvalue weighted by atomic mass is 10.1. The molecule has 1 aromatic heterocycles. The molecule has 7 heteroatoms. The molecule has 34 heavy (non-hydrogen) atoms. The molecule has 2 amide bonds. The number of halogens is 1. The lowest BCUT2D eigenvalue weighted by Crippen LogP contribution is -2.50. The van der Waals surface area contributed by atoms with Crippen LogP contribution in [0.25, 0.3) is 5.69 Å². The van der Waals surface area contributed by atoms with Crippen molar-refractivity contribution in [2.24, 2.45) is 0 Å². The molecule has 0 bridgehead atoms. The summed E-state index contributed by atoms with van der Waals surface area (Å²) in [6.45, 7) is 2.14. The highest BCUT2D eigenvalue weighted by Gasteiger charge is 2.31. The SMILES string of the molecule is O=C(CCCc1ccccc1)N1CCN(C(=O)c2nn(-c3ccc(F)cc3)c3c2CCC3)CC1. The zero-order valence-corrected chi connectivity index (χ0v) is 19.3. The molecular weight excluding hydrogens is 431 g/mol. The number of nitrogens with zero attached hydrogens (tertiary/aromatic N) is 4. The molecule has 0 atom stereocenters. The predicted octanol–water partition coefficient (Wildman–Crippen LogP) is 3.81. The molecule has 0 radical (unpaired) electrons. The lowest BCUT2D eigenvalue weighted by molar-refractivity contribution is -0.132. The molecule has 0 unspecified atom stereocenters. The predicted molar refractivity (Wildman–Crippen MR) is 127 cm³/mol. The van der Waals surface area contributed by atoms with Crippen molar-refractivity contribution in [1.29, 1.82) is 0 Å². The molecule has 176 valence electrons. The maximum Gasteiger partial charge on any atom is 0.274 e. The van der Waals surface area contributed by atoms with Gasteiger partial charge in [0.05, 0.1) is 5.69 Å². The third kappa shape index (κ3) is 4.60. The van der Waals surface area contributed by atoms with E-state index >= 15 is 0 Å². The number of fused-ring (bicyclic) bond motifs is 1. The average Bonchev–Trinajstić information content (AvgIpc) is 3.48. The van der Waals surface area contributed by atoms with E-state index in [2.05, 4.69) is 17.2 Å². The van der Waals surface area contributed by atoms with Gasteiger partial charge in [0.25, 0.3) is 5.91 Å². The molecule has 0 spiro atoms. The number of piperazine rings is 1. The van der Waals surface area contributed by atoms with Crippen LogP contribution in [0, 0.1) is 5.82 Å². The van der Waals surface area contributed by atoms with Crippen LogP contribution in [0.1, 0.15) is 46.6 Å². The second-order valence-electron chi connectivity index (χ2n) is 9.03. The second kappa shape index (κ2) is 9.79. The van der Waals surface area contributed by atoms with E-state index in [4.69, 9.17) is 0 Å². The topological polar surface area (TPSA) is 58.4 Å². The molecule has 0 saturated carbocycles. The van der Waals surface area contributed by atoms with Gasteiger partial charge in [-0.2, -0.15) is 5.10 Å². The fourth-order valence-corrected chi connectivity index (χ4v) is 4.96. The molecule has 3 aromatic rings. The summed E-state index contributed by atoms with van der Waals surface area (Å²) in [7, 11) is 0. The number of carbonyl (C=O) groups excluding carboxylic acids is 2. The van der Waals surface area contributed by atoms with E-state index in [1.165, 1.54) is 17.7 Å². The normalized spacial score (nSPS) is 15.4. The van der Waals surface area contributed by atoms with Crippen molar-refractivity contribution in [3.63, 3.8) is 0 Å². The van der Waals surface area contributed by atoms with E-state index in [-0.39, 0.29) is 17.6 Å². The summed E-state index contributed by atoms with van der Waals surface area (Å²) >= 11 is 0. The van der Waals surface area contributed by atoms with Crippen molar-refractivity contribution in [1.82, 2.24) is 19.6 Å². The van der Waals surface area contributed by atoms with Crippen LogP contribution in [-0.4, -0.2) is 57.6 Å². The van der Waals surface area contributed by atoms with Crippen molar-refractivity contribution in [2.75, 3.05) is 26.2 Å². The van der Waals surface area contributed by atoms with Gasteiger partial charge in [0.15, 0.2) is 5.69 Å². The van der Waals surface area contributed by atoms with Gasteiger partial charge in [-0.05, 0) is 61.9 Å². The van der Waals surface area contributed by atoms with E-state index in [9.17, 15) is 14.0 Å². The van der Waals surface area contributed by atoms with Gasteiger partial charge in [0.1, 0.15) is 5.82 Å². The Morgan fingerprint density at radius 1 is 0.882 bits per heavy atom. The Balaban J connectivity index is 1.19. The van der Waals surface area contributed by atoms with Gasteiger partial charge in [-0.25, -0.2) is 9.07 Å². The second-order valence-corrected chi connectivity index (χ2v) is 9.03. The molecule has 2 heterocycles. The van der Waals surface area contributed by atoms with Gasteiger partial charge in [-0.1, -0.05) is 30.3 Å². The lowest BCUT2D eigenvalue weighted by Gasteiger charge is -2.34. The summed E-state index contributed by atoms with van der Waals surface area (Å²) in [5, 5.41) is 4.65. The largest absolute Gasteiger partial charge is 0.339 e. The van der Waals surface area contributed by atoms with Gasteiger partial charge in [0, 0.05) is 43.9 Å². The number of benzene rings is 2. The summed E-state index contributed by atoms with van der Waals surface area (Å²) in [6, 6.07) is 16.4. The maximum absolute atomic E-state index is 13.4. The molecular formula is C27H29FN4O2. The Kier molecular flexibility index (Phi) is 6.43. The van der Waals surface area contributed by atoms with E-state index in [1.54, 1.807) is 16.8 Å². The summed E-state index contributed by atoms with van der Waals surface area (Å²) in [4.78, 5) is 29.7. The Morgan fingerprint density at radius 3 is 2.32 bits per heavy atom. The van der Waals surface area contributed by atoms with Crippen molar-refractivity contribution < 1.29 is 14.0 Å². The quantitative estimate of drug-likeness (QED) is 0.562. The minimum atomic E-state index is -0.295. The van der Waals surface area contributed by atoms with Crippen LogP contribution >= 0.6 is 0 Å². The third-order valence-electron chi connectivity index (χ3n) is 6.82. The number of aryl methyl sites for hydroxylation is 1. The molecule has 5 rings (SSSR count). The van der Waals surface area contributed by atoms with Gasteiger partial charge in [0.2, 0.25) is 5.91 Å². The first-order valence-corrected chi connectivity index (χ1v) is 12.1. The Hall–Kier alpha value is -3.48. The summed E-state index contributed by atoms with van der Waals surface area (Å²) in [6.07, 6.45) is 4.93. The number of hydrogen-bond acceptors (Lipinski definition) is 3. The van der Waals surface area contributed by atoms with Crippen molar-refractivity contribution in [3.05, 3.63) is 82.9 Å². The fraction of sp³-hybridized carbons (Fsp3) is 0.370. The molecule has 0 N–H and O–H groups in total. The van der Waals surface area contributed by atoms with E-state index < -0.39 is 0 Å². The highest BCUT2D eigenvalue weighted by atomic mass is 19.1. The molecule has 2 aromatic carbocycles.